The summed E-state index contributed by atoms with van der Waals surface area (Å²) in [6, 6.07) is 3.28. The second-order valence-corrected chi connectivity index (χ2v) is 5.66. The lowest BCUT2D eigenvalue weighted by molar-refractivity contribution is -0.330. The third kappa shape index (κ3) is 3.63. The highest BCUT2D eigenvalue weighted by molar-refractivity contribution is 5.72. The fraction of sp³-hybridized carbons (Fsp3) is 0.333. The fourth-order valence-electron chi connectivity index (χ4n) is 2.67. The zero-order valence-electron chi connectivity index (χ0n) is 13.3. The average molecular weight is 367 g/mol. The monoisotopic (exact) mass is 367 g/mol. The molecule has 4 rings (SSSR count). The van der Waals surface area contributed by atoms with Gasteiger partial charge >= 0.3 is 6.36 Å². The predicted molar refractivity (Wildman–Crippen MR) is 83.3 cm³/mol. The second-order valence-electron chi connectivity index (χ2n) is 5.66. The van der Waals surface area contributed by atoms with E-state index in [1.807, 2.05) is 6.42 Å². The van der Waals surface area contributed by atoms with Crippen LogP contribution in [0.15, 0.2) is 24.5 Å². The SMILES string of the molecule is FC(F)(F)OCc1cc2c(Nc3cc([C@@H]4C[CH]CO4)[nH]n3)nccn2n1. The molecule has 8 nitrogen and oxygen atoms in total. The molecule has 1 fully saturated rings. The van der Waals surface area contributed by atoms with Crippen molar-refractivity contribution in [2.45, 2.75) is 25.5 Å². The molecule has 0 spiro atoms. The highest BCUT2D eigenvalue weighted by atomic mass is 19.4. The molecular weight excluding hydrogens is 353 g/mol. The number of hydrogen-bond acceptors (Lipinski definition) is 6. The molecule has 1 atom stereocenters. The van der Waals surface area contributed by atoms with Crippen LogP contribution in [0.25, 0.3) is 5.52 Å². The van der Waals surface area contributed by atoms with Crippen LogP contribution in [0, 0.1) is 6.42 Å². The van der Waals surface area contributed by atoms with Crippen LogP contribution in [0.2, 0.25) is 0 Å². The first-order chi connectivity index (χ1) is 12.5. The highest BCUT2D eigenvalue weighted by Crippen LogP contribution is 2.29. The molecule has 11 heteroatoms. The Morgan fingerprint density at radius 1 is 1.38 bits per heavy atom. The number of ether oxygens (including phenoxy) is 2. The second kappa shape index (κ2) is 6.57. The van der Waals surface area contributed by atoms with Crippen LogP contribution >= 0.6 is 0 Å². The van der Waals surface area contributed by atoms with Gasteiger partial charge in [0.1, 0.15) is 12.1 Å². The maximum atomic E-state index is 12.2. The standard InChI is InChI=1S/C15H14F3N6O2/c16-15(17,18)26-8-9-6-11-14(19-3-4-24(11)23-9)20-13-7-10(21-22-13)12-2-1-5-25-12/h1,3-4,6-7,12H,2,5,8H2,(H2,19,20,21,22)/t12-/m0/s1. The molecular formula is C15H14F3N6O2. The molecule has 2 N–H and O–H groups in total. The Balaban J connectivity index is 1.53. The van der Waals surface area contributed by atoms with Crippen molar-refractivity contribution in [2.75, 3.05) is 11.9 Å². The van der Waals surface area contributed by atoms with E-state index >= 15 is 0 Å². The normalized spacial score (nSPS) is 17.9. The lowest BCUT2D eigenvalue weighted by Crippen LogP contribution is -2.13. The molecule has 1 radical (unpaired) electrons. The Bertz CT molecular complexity index is 900. The molecule has 0 aliphatic carbocycles. The Labute approximate surface area is 145 Å². The minimum Gasteiger partial charge on any atom is -0.372 e. The maximum absolute atomic E-state index is 12.2. The zero-order chi connectivity index (χ0) is 18.1. The number of H-pyrrole nitrogens is 1. The third-order valence-electron chi connectivity index (χ3n) is 3.81. The molecule has 137 valence electrons. The quantitative estimate of drug-likeness (QED) is 0.721. The number of aromatic amines is 1. The maximum Gasteiger partial charge on any atom is 0.522 e. The first-order valence-electron chi connectivity index (χ1n) is 7.77. The average Bonchev–Trinajstić information content (AvgIpc) is 3.32. The Hall–Kier alpha value is -2.66. The predicted octanol–water partition coefficient (Wildman–Crippen LogP) is 2.90. The van der Waals surface area contributed by atoms with Crippen LogP contribution in [0.5, 0.6) is 0 Å². The Morgan fingerprint density at radius 2 is 2.27 bits per heavy atom. The number of rotatable bonds is 5. The van der Waals surface area contributed by atoms with Gasteiger partial charge in [0, 0.05) is 18.5 Å². The van der Waals surface area contributed by atoms with Crippen LogP contribution < -0.4 is 5.32 Å². The van der Waals surface area contributed by atoms with E-state index in [0.717, 1.165) is 12.1 Å². The first-order valence-corrected chi connectivity index (χ1v) is 7.77. The number of aromatic nitrogens is 5. The summed E-state index contributed by atoms with van der Waals surface area (Å²) >= 11 is 0. The van der Waals surface area contributed by atoms with Gasteiger partial charge in [0.25, 0.3) is 0 Å². The smallest absolute Gasteiger partial charge is 0.372 e. The highest BCUT2D eigenvalue weighted by Gasteiger charge is 2.29. The van der Waals surface area contributed by atoms with Crippen LogP contribution in [0.3, 0.4) is 0 Å². The Kier molecular flexibility index (Phi) is 4.24. The van der Waals surface area contributed by atoms with Crippen molar-refractivity contribution in [3.63, 3.8) is 0 Å². The minimum atomic E-state index is -4.71. The van der Waals surface area contributed by atoms with Crippen LogP contribution in [0.4, 0.5) is 24.8 Å². The van der Waals surface area contributed by atoms with Crippen molar-refractivity contribution in [1.82, 2.24) is 24.8 Å². The molecule has 4 heterocycles. The lowest BCUT2D eigenvalue weighted by Gasteiger charge is -2.04. The van der Waals surface area contributed by atoms with Gasteiger partial charge in [-0.1, -0.05) is 0 Å². The van der Waals surface area contributed by atoms with E-state index < -0.39 is 13.0 Å². The first kappa shape index (κ1) is 16.8. The molecule has 0 bridgehead atoms. The number of halogens is 3. The van der Waals surface area contributed by atoms with Crippen molar-refractivity contribution in [3.05, 3.63) is 42.3 Å². The van der Waals surface area contributed by atoms with Gasteiger partial charge in [-0.15, -0.1) is 13.2 Å². The molecule has 3 aromatic rings. The molecule has 0 unspecified atom stereocenters. The van der Waals surface area contributed by atoms with Crippen molar-refractivity contribution in [3.8, 4) is 0 Å². The van der Waals surface area contributed by atoms with Crippen molar-refractivity contribution in [1.29, 1.82) is 0 Å². The van der Waals surface area contributed by atoms with E-state index in [2.05, 4.69) is 30.3 Å². The number of nitrogens with one attached hydrogen (secondary N) is 2. The summed E-state index contributed by atoms with van der Waals surface area (Å²) in [6.07, 6.45) is 1.11. The van der Waals surface area contributed by atoms with Gasteiger partial charge in [-0.25, -0.2) is 9.50 Å². The molecule has 26 heavy (non-hydrogen) atoms. The lowest BCUT2D eigenvalue weighted by atomic mass is 10.2. The summed E-state index contributed by atoms with van der Waals surface area (Å²) in [7, 11) is 0. The van der Waals surface area contributed by atoms with Gasteiger partial charge in [0.2, 0.25) is 0 Å². The topological polar surface area (TPSA) is 89.4 Å². The van der Waals surface area contributed by atoms with Crippen LogP contribution in [-0.2, 0) is 16.1 Å². The summed E-state index contributed by atoms with van der Waals surface area (Å²) in [6.45, 7) is -0.0708. The summed E-state index contributed by atoms with van der Waals surface area (Å²) in [5.41, 5.74) is 1.47. The van der Waals surface area contributed by atoms with E-state index in [0.29, 0.717) is 23.8 Å². The summed E-state index contributed by atoms with van der Waals surface area (Å²) in [5, 5.41) is 14.1. The van der Waals surface area contributed by atoms with Gasteiger partial charge in [-0.2, -0.15) is 10.2 Å². The summed E-state index contributed by atoms with van der Waals surface area (Å²) in [4.78, 5) is 4.20. The van der Waals surface area contributed by atoms with E-state index in [-0.39, 0.29) is 11.8 Å². The summed E-state index contributed by atoms with van der Waals surface area (Å²) < 4.78 is 47.3. The largest absolute Gasteiger partial charge is 0.522 e. The van der Waals surface area contributed by atoms with Crippen molar-refractivity contribution in [2.24, 2.45) is 0 Å². The number of anilines is 2. The molecule has 0 amide bonds. The Morgan fingerprint density at radius 3 is 3.04 bits per heavy atom. The number of fused-ring (bicyclic) bond motifs is 1. The van der Waals surface area contributed by atoms with Gasteiger partial charge in [0.05, 0.1) is 24.1 Å². The van der Waals surface area contributed by atoms with Crippen LogP contribution in [0.1, 0.15) is 23.9 Å². The van der Waals surface area contributed by atoms with Gasteiger partial charge < -0.3 is 10.1 Å². The van der Waals surface area contributed by atoms with Crippen molar-refractivity contribution < 1.29 is 22.6 Å². The van der Waals surface area contributed by atoms with Gasteiger partial charge in [-0.3, -0.25) is 9.84 Å². The fourth-order valence-corrected chi connectivity index (χ4v) is 2.67. The van der Waals surface area contributed by atoms with Gasteiger partial charge in [0.15, 0.2) is 11.6 Å². The van der Waals surface area contributed by atoms with Crippen LogP contribution in [-0.4, -0.2) is 37.8 Å². The van der Waals surface area contributed by atoms with E-state index in [1.54, 1.807) is 6.07 Å². The number of hydrogen-bond donors (Lipinski definition) is 2. The summed E-state index contributed by atoms with van der Waals surface area (Å²) in [5.74, 6) is 0.931. The molecule has 0 saturated carbocycles. The van der Waals surface area contributed by atoms with E-state index in [4.69, 9.17) is 4.74 Å². The molecule has 3 aromatic heterocycles. The number of alkyl halides is 3. The minimum absolute atomic E-state index is 0.0529. The molecule has 1 saturated heterocycles. The third-order valence-corrected chi connectivity index (χ3v) is 3.81. The van der Waals surface area contributed by atoms with E-state index in [1.165, 1.54) is 23.0 Å². The van der Waals surface area contributed by atoms with E-state index in [9.17, 15) is 13.2 Å². The molecule has 1 aliphatic heterocycles. The van der Waals surface area contributed by atoms with Gasteiger partial charge in [-0.05, 0) is 18.9 Å². The molecule has 1 aliphatic rings. The van der Waals surface area contributed by atoms with Crippen molar-refractivity contribution >= 4 is 17.2 Å². The zero-order valence-corrected chi connectivity index (χ0v) is 13.3. The molecule has 0 aromatic carbocycles. The number of nitrogens with zero attached hydrogens (tertiary/aromatic N) is 4.